The van der Waals surface area contributed by atoms with Gasteiger partial charge in [-0.2, -0.15) is 0 Å². The van der Waals surface area contributed by atoms with Gasteiger partial charge in [-0.15, -0.1) is 0 Å². The van der Waals surface area contributed by atoms with Gasteiger partial charge in [0.15, 0.2) is 6.61 Å². The molecule has 1 aliphatic carbocycles. The molecule has 1 aliphatic rings. The predicted octanol–water partition coefficient (Wildman–Crippen LogP) is 4.33. The van der Waals surface area contributed by atoms with Gasteiger partial charge >= 0.3 is 0 Å². The molecule has 0 unspecified atom stereocenters. The van der Waals surface area contributed by atoms with Crippen LogP contribution in [0.2, 0.25) is 5.02 Å². The summed E-state index contributed by atoms with van der Waals surface area (Å²) in [5, 5.41) is 3.50. The molecule has 30 heavy (non-hydrogen) atoms. The van der Waals surface area contributed by atoms with E-state index in [1.165, 1.54) is 11.0 Å². The molecule has 2 aromatic rings. The fourth-order valence-corrected chi connectivity index (χ4v) is 3.75. The Morgan fingerprint density at radius 2 is 1.93 bits per heavy atom. The average molecular weight is 433 g/mol. The highest BCUT2D eigenvalue weighted by Gasteiger charge is 2.29. The zero-order valence-electron chi connectivity index (χ0n) is 16.9. The minimum Gasteiger partial charge on any atom is -0.484 e. The van der Waals surface area contributed by atoms with Crippen molar-refractivity contribution in [3.63, 3.8) is 0 Å². The van der Waals surface area contributed by atoms with Crippen molar-refractivity contribution in [3.05, 3.63) is 64.9 Å². The van der Waals surface area contributed by atoms with Gasteiger partial charge in [0.2, 0.25) is 5.91 Å². The van der Waals surface area contributed by atoms with Gasteiger partial charge in [0.1, 0.15) is 17.6 Å². The van der Waals surface area contributed by atoms with E-state index in [2.05, 4.69) is 5.32 Å². The van der Waals surface area contributed by atoms with Crippen molar-refractivity contribution in [1.82, 2.24) is 10.2 Å². The number of carbonyl (C=O) groups is 2. The molecule has 0 aromatic heterocycles. The number of nitrogens with zero attached hydrogens (tertiary/aromatic N) is 1. The van der Waals surface area contributed by atoms with E-state index < -0.39 is 17.8 Å². The van der Waals surface area contributed by atoms with E-state index in [1.807, 2.05) is 0 Å². The Labute approximate surface area is 181 Å². The Morgan fingerprint density at radius 1 is 1.20 bits per heavy atom. The van der Waals surface area contributed by atoms with Crippen LogP contribution in [0.25, 0.3) is 0 Å². The van der Waals surface area contributed by atoms with Crippen LogP contribution in [-0.2, 0) is 16.1 Å². The largest absolute Gasteiger partial charge is 0.484 e. The molecule has 1 saturated carbocycles. The molecule has 5 nitrogen and oxygen atoms in total. The Hall–Kier alpha value is -2.60. The lowest BCUT2D eigenvalue weighted by Crippen LogP contribution is -2.50. The Bertz CT molecular complexity index is 886. The predicted molar refractivity (Wildman–Crippen MR) is 114 cm³/mol. The molecule has 1 N–H and O–H groups in total. The fourth-order valence-electron chi connectivity index (χ4n) is 3.57. The standard InChI is InChI=1S/C23H26ClFN2O3/c1-16(23(29)26-19-9-3-4-10-19)27(14-17-7-2-5-12-21(17)25)22(28)15-30-20-11-6-8-18(24)13-20/h2,5-8,11-13,16,19H,3-4,9-10,14-15H2,1H3,(H,26,29)/t16-/m0/s1. The van der Waals surface area contributed by atoms with Crippen molar-refractivity contribution >= 4 is 23.4 Å². The summed E-state index contributed by atoms with van der Waals surface area (Å²) in [6.45, 7) is 1.35. The minimum absolute atomic E-state index is 0.0241. The van der Waals surface area contributed by atoms with E-state index in [9.17, 15) is 14.0 Å². The van der Waals surface area contributed by atoms with Crippen LogP contribution >= 0.6 is 11.6 Å². The first-order valence-corrected chi connectivity index (χ1v) is 10.5. The first kappa shape index (κ1) is 22.1. The second-order valence-corrected chi connectivity index (χ2v) is 7.96. The molecule has 0 aliphatic heterocycles. The third-order valence-electron chi connectivity index (χ3n) is 5.33. The van der Waals surface area contributed by atoms with Crippen LogP contribution in [0.15, 0.2) is 48.5 Å². The van der Waals surface area contributed by atoms with Crippen LogP contribution in [0, 0.1) is 5.82 Å². The molecule has 2 aromatic carbocycles. The molecule has 0 heterocycles. The maximum atomic E-state index is 14.2. The summed E-state index contributed by atoms with van der Waals surface area (Å²) in [6, 6.07) is 12.3. The third kappa shape index (κ3) is 5.95. The highest BCUT2D eigenvalue weighted by Crippen LogP contribution is 2.20. The first-order valence-electron chi connectivity index (χ1n) is 10.2. The van der Waals surface area contributed by atoms with E-state index in [0.717, 1.165) is 25.7 Å². The van der Waals surface area contributed by atoms with Crippen molar-refractivity contribution < 1.29 is 18.7 Å². The smallest absolute Gasteiger partial charge is 0.261 e. The highest BCUT2D eigenvalue weighted by atomic mass is 35.5. The number of rotatable bonds is 8. The molecule has 160 valence electrons. The molecule has 7 heteroatoms. The fraction of sp³-hybridized carbons (Fsp3) is 0.391. The number of halogens is 2. The SMILES string of the molecule is C[C@@H](C(=O)NC1CCCC1)N(Cc1ccccc1F)C(=O)COc1cccc(Cl)c1. The van der Waals surface area contributed by atoms with Crippen molar-refractivity contribution in [2.24, 2.45) is 0 Å². The molecular weight excluding hydrogens is 407 g/mol. The van der Waals surface area contributed by atoms with Gasteiger partial charge < -0.3 is 15.0 Å². The number of nitrogens with one attached hydrogen (secondary N) is 1. The van der Waals surface area contributed by atoms with E-state index in [4.69, 9.17) is 16.3 Å². The molecule has 0 bridgehead atoms. The Balaban J connectivity index is 1.72. The van der Waals surface area contributed by atoms with E-state index in [0.29, 0.717) is 16.3 Å². The van der Waals surface area contributed by atoms with Crippen LogP contribution in [-0.4, -0.2) is 35.4 Å². The lowest BCUT2D eigenvalue weighted by Gasteiger charge is -2.29. The van der Waals surface area contributed by atoms with Gasteiger partial charge in [0, 0.05) is 23.2 Å². The first-order chi connectivity index (χ1) is 14.4. The van der Waals surface area contributed by atoms with Crippen LogP contribution in [0.1, 0.15) is 38.2 Å². The minimum atomic E-state index is -0.763. The van der Waals surface area contributed by atoms with E-state index in [-0.39, 0.29) is 25.1 Å². The van der Waals surface area contributed by atoms with Crippen LogP contribution < -0.4 is 10.1 Å². The molecular formula is C23H26ClFN2O3. The van der Waals surface area contributed by atoms with Crippen LogP contribution in [0.4, 0.5) is 4.39 Å². The average Bonchev–Trinajstić information content (AvgIpc) is 3.24. The maximum absolute atomic E-state index is 14.2. The zero-order chi connectivity index (χ0) is 21.5. The third-order valence-corrected chi connectivity index (χ3v) is 5.56. The zero-order valence-corrected chi connectivity index (χ0v) is 17.7. The number of ether oxygens (including phenoxy) is 1. The van der Waals surface area contributed by atoms with Crippen molar-refractivity contribution in [3.8, 4) is 5.75 Å². The number of hydrogen-bond donors (Lipinski definition) is 1. The summed E-state index contributed by atoms with van der Waals surface area (Å²) in [4.78, 5) is 27.1. The molecule has 0 spiro atoms. The summed E-state index contributed by atoms with van der Waals surface area (Å²) in [6.07, 6.45) is 4.06. The van der Waals surface area contributed by atoms with Crippen molar-refractivity contribution in [2.45, 2.75) is 51.2 Å². The topological polar surface area (TPSA) is 58.6 Å². The van der Waals surface area contributed by atoms with Gasteiger partial charge in [0.05, 0.1) is 0 Å². The van der Waals surface area contributed by atoms with Crippen LogP contribution in [0.3, 0.4) is 0 Å². The van der Waals surface area contributed by atoms with Gasteiger partial charge in [-0.05, 0) is 44.0 Å². The normalized spacial score (nSPS) is 14.9. The van der Waals surface area contributed by atoms with Gasteiger partial charge in [-0.1, -0.05) is 48.7 Å². The highest BCUT2D eigenvalue weighted by molar-refractivity contribution is 6.30. The summed E-state index contributed by atoms with van der Waals surface area (Å²) in [7, 11) is 0. The molecule has 0 saturated heterocycles. The maximum Gasteiger partial charge on any atom is 0.261 e. The molecule has 3 rings (SSSR count). The summed E-state index contributed by atoms with van der Waals surface area (Å²) in [5.41, 5.74) is 0.342. The molecule has 1 atom stereocenters. The molecule has 1 fully saturated rings. The summed E-state index contributed by atoms with van der Waals surface area (Å²) < 4.78 is 19.8. The molecule has 2 amide bonds. The van der Waals surface area contributed by atoms with E-state index in [1.54, 1.807) is 49.4 Å². The quantitative estimate of drug-likeness (QED) is 0.675. The number of benzene rings is 2. The number of amides is 2. The monoisotopic (exact) mass is 432 g/mol. The summed E-state index contributed by atoms with van der Waals surface area (Å²) in [5.74, 6) is -0.624. The lowest BCUT2D eigenvalue weighted by atomic mass is 10.1. The second kappa shape index (κ2) is 10.4. The van der Waals surface area contributed by atoms with E-state index >= 15 is 0 Å². The molecule has 0 radical (unpaired) electrons. The van der Waals surface area contributed by atoms with Crippen LogP contribution in [0.5, 0.6) is 5.75 Å². The van der Waals surface area contributed by atoms with Crippen molar-refractivity contribution in [1.29, 1.82) is 0 Å². The lowest BCUT2D eigenvalue weighted by molar-refractivity contribution is -0.142. The summed E-state index contributed by atoms with van der Waals surface area (Å²) >= 11 is 5.95. The number of carbonyl (C=O) groups excluding carboxylic acids is 2. The van der Waals surface area contributed by atoms with Crippen molar-refractivity contribution in [2.75, 3.05) is 6.61 Å². The second-order valence-electron chi connectivity index (χ2n) is 7.53. The Morgan fingerprint density at radius 3 is 2.63 bits per heavy atom. The van der Waals surface area contributed by atoms with Gasteiger partial charge in [-0.25, -0.2) is 4.39 Å². The Kier molecular flexibility index (Phi) is 7.69. The van der Waals surface area contributed by atoms with Gasteiger partial charge in [-0.3, -0.25) is 9.59 Å². The van der Waals surface area contributed by atoms with Gasteiger partial charge in [0.25, 0.3) is 5.91 Å². The number of hydrogen-bond acceptors (Lipinski definition) is 3.